The average molecular weight is 192 g/mol. The van der Waals surface area contributed by atoms with Crippen LogP contribution in [0, 0.1) is 6.92 Å². The van der Waals surface area contributed by atoms with E-state index < -0.39 is 0 Å². The highest BCUT2D eigenvalue weighted by Gasteiger charge is 2.07. The summed E-state index contributed by atoms with van der Waals surface area (Å²) < 4.78 is 0. The van der Waals surface area contributed by atoms with Gasteiger partial charge in [0, 0.05) is 22.2 Å². The van der Waals surface area contributed by atoms with Gasteiger partial charge in [-0.05, 0) is 19.1 Å². The van der Waals surface area contributed by atoms with Gasteiger partial charge in [0.25, 0.3) is 0 Å². The highest BCUT2D eigenvalue weighted by molar-refractivity contribution is 5.87. The molecule has 0 saturated heterocycles. The number of hydrogen-bond acceptors (Lipinski definition) is 3. The normalized spacial score (nSPS) is 11.0. The van der Waals surface area contributed by atoms with Crippen LogP contribution in [0.5, 0.6) is 5.75 Å². The molecule has 1 aromatic carbocycles. The summed E-state index contributed by atoms with van der Waals surface area (Å²) in [6, 6.07) is 5.58. The lowest BCUT2D eigenvalue weighted by Gasteiger charge is -2.03. The molecule has 1 aromatic heterocycles. The molecule has 0 aliphatic heterocycles. The second kappa shape index (κ2) is 3.32. The Morgan fingerprint density at radius 2 is 2.29 bits per heavy atom. The molecule has 1 heterocycles. The summed E-state index contributed by atoms with van der Waals surface area (Å²) in [6.45, 7) is 2.16. The maximum absolute atomic E-state index is 9.84. The predicted molar refractivity (Wildman–Crippen MR) is 53.7 cm³/mol. The third-order valence-corrected chi connectivity index (χ3v) is 2.23. The second-order valence-electron chi connectivity index (χ2n) is 3.30. The Bertz CT molecular complexity index is 462. The molecule has 0 spiro atoms. The summed E-state index contributed by atoms with van der Waals surface area (Å²) in [6.07, 6.45) is 0. The molecule has 0 aliphatic carbocycles. The van der Waals surface area contributed by atoms with Gasteiger partial charge in [0.1, 0.15) is 5.75 Å². The first kappa shape index (κ1) is 9.05. The number of nitrogens with two attached hydrogens (primary N) is 1. The van der Waals surface area contributed by atoms with E-state index >= 15 is 0 Å². The maximum Gasteiger partial charge on any atom is 0.130 e. The second-order valence-corrected chi connectivity index (χ2v) is 3.30. The van der Waals surface area contributed by atoms with Crippen molar-refractivity contribution < 1.29 is 9.94 Å². The van der Waals surface area contributed by atoms with Crippen molar-refractivity contribution in [2.24, 2.45) is 5.90 Å². The monoisotopic (exact) mass is 192 g/mol. The largest absolute Gasteiger partial charge is 0.507 e. The molecule has 4 N–H and O–H groups in total. The third-order valence-electron chi connectivity index (χ3n) is 2.23. The number of hydrogen-bond donors (Lipinski definition) is 3. The molecule has 4 nitrogen and oxygen atoms in total. The van der Waals surface area contributed by atoms with Crippen LogP contribution in [0.3, 0.4) is 0 Å². The smallest absolute Gasteiger partial charge is 0.130 e. The Hall–Kier alpha value is -1.52. The van der Waals surface area contributed by atoms with Crippen molar-refractivity contribution in [3.8, 4) is 5.75 Å². The molecular weight excluding hydrogens is 180 g/mol. The minimum Gasteiger partial charge on any atom is -0.507 e. The summed E-state index contributed by atoms with van der Waals surface area (Å²) in [5.41, 5.74) is 2.63. The van der Waals surface area contributed by atoms with E-state index in [0.29, 0.717) is 5.56 Å². The zero-order valence-electron chi connectivity index (χ0n) is 7.87. The quantitative estimate of drug-likeness (QED) is 0.632. The van der Waals surface area contributed by atoms with Gasteiger partial charge in [0.15, 0.2) is 0 Å². The number of fused-ring (bicyclic) bond motifs is 1. The van der Waals surface area contributed by atoms with Crippen LogP contribution in [0.2, 0.25) is 0 Å². The maximum atomic E-state index is 9.84. The fourth-order valence-electron chi connectivity index (χ4n) is 1.58. The van der Waals surface area contributed by atoms with Gasteiger partial charge in [-0.3, -0.25) is 4.84 Å². The van der Waals surface area contributed by atoms with Crippen LogP contribution in [0.1, 0.15) is 11.3 Å². The Morgan fingerprint density at radius 1 is 1.50 bits per heavy atom. The van der Waals surface area contributed by atoms with Gasteiger partial charge in [-0.2, -0.15) is 0 Å². The zero-order chi connectivity index (χ0) is 10.1. The van der Waals surface area contributed by atoms with Crippen LogP contribution < -0.4 is 5.90 Å². The van der Waals surface area contributed by atoms with Gasteiger partial charge in [-0.1, -0.05) is 6.07 Å². The Labute approximate surface area is 81.3 Å². The van der Waals surface area contributed by atoms with E-state index in [0.717, 1.165) is 16.6 Å². The molecule has 14 heavy (non-hydrogen) atoms. The van der Waals surface area contributed by atoms with Crippen LogP contribution in [-0.4, -0.2) is 10.1 Å². The van der Waals surface area contributed by atoms with Gasteiger partial charge in [0.2, 0.25) is 0 Å². The summed E-state index contributed by atoms with van der Waals surface area (Å²) in [7, 11) is 0. The number of H-pyrrole nitrogens is 1. The lowest BCUT2D eigenvalue weighted by atomic mass is 10.1. The van der Waals surface area contributed by atoms with Crippen molar-refractivity contribution in [2.45, 2.75) is 13.5 Å². The van der Waals surface area contributed by atoms with Gasteiger partial charge in [-0.15, -0.1) is 0 Å². The van der Waals surface area contributed by atoms with E-state index in [2.05, 4.69) is 9.82 Å². The van der Waals surface area contributed by atoms with Crippen molar-refractivity contribution in [2.75, 3.05) is 0 Å². The van der Waals surface area contributed by atoms with Crippen LogP contribution in [-0.2, 0) is 11.4 Å². The zero-order valence-corrected chi connectivity index (χ0v) is 7.87. The number of aromatic hydroxyl groups is 1. The molecule has 0 unspecified atom stereocenters. The molecule has 0 aliphatic rings. The first-order valence-electron chi connectivity index (χ1n) is 4.34. The minimum atomic E-state index is 0.214. The third kappa shape index (κ3) is 1.34. The standard InChI is InChI=1S/C10H12N2O2/c1-6-4-8-9(12-6)3-2-7(5-14-11)10(8)13/h2-4,12-13H,5,11H2,1H3. The first-order valence-corrected chi connectivity index (χ1v) is 4.34. The molecule has 2 rings (SSSR count). The van der Waals surface area contributed by atoms with E-state index in [1.807, 2.05) is 19.1 Å². The van der Waals surface area contributed by atoms with Crippen molar-refractivity contribution in [3.05, 3.63) is 29.5 Å². The Kier molecular flexibility index (Phi) is 2.15. The number of benzene rings is 1. The minimum absolute atomic E-state index is 0.214. The van der Waals surface area contributed by atoms with Crippen LogP contribution in [0.4, 0.5) is 0 Å². The van der Waals surface area contributed by atoms with Gasteiger partial charge < -0.3 is 10.1 Å². The van der Waals surface area contributed by atoms with Crippen molar-refractivity contribution in [3.63, 3.8) is 0 Å². The molecule has 0 fully saturated rings. The molecule has 74 valence electrons. The van der Waals surface area contributed by atoms with E-state index in [4.69, 9.17) is 5.90 Å². The first-order chi connectivity index (χ1) is 6.72. The highest BCUT2D eigenvalue weighted by Crippen LogP contribution is 2.29. The molecule has 4 heteroatoms. The van der Waals surface area contributed by atoms with Crippen molar-refractivity contribution in [1.29, 1.82) is 0 Å². The summed E-state index contributed by atoms with van der Waals surface area (Å²) in [5.74, 6) is 5.19. The molecule has 0 saturated carbocycles. The number of aryl methyl sites for hydroxylation is 1. The summed E-state index contributed by atoms with van der Waals surface area (Å²) in [5, 5.41) is 10.6. The molecular formula is C10H12N2O2. The number of rotatable bonds is 2. The topological polar surface area (TPSA) is 71.3 Å². The lowest BCUT2D eigenvalue weighted by molar-refractivity contribution is 0.122. The fraction of sp³-hybridized carbons (Fsp3) is 0.200. The van der Waals surface area contributed by atoms with Crippen molar-refractivity contribution in [1.82, 2.24) is 4.98 Å². The van der Waals surface area contributed by atoms with Gasteiger partial charge in [-0.25, -0.2) is 5.90 Å². The van der Waals surface area contributed by atoms with Gasteiger partial charge in [0.05, 0.1) is 6.61 Å². The number of aromatic nitrogens is 1. The fourth-order valence-corrected chi connectivity index (χ4v) is 1.58. The molecule has 0 atom stereocenters. The number of phenolic OH excluding ortho intramolecular Hbond substituents is 1. The highest BCUT2D eigenvalue weighted by atomic mass is 16.6. The number of nitrogens with one attached hydrogen (secondary N) is 1. The van der Waals surface area contributed by atoms with Gasteiger partial charge >= 0.3 is 0 Å². The van der Waals surface area contributed by atoms with E-state index in [1.54, 1.807) is 6.07 Å². The SMILES string of the molecule is Cc1cc2c(O)c(CON)ccc2[nH]1. The molecule has 0 radical (unpaired) electrons. The predicted octanol–water partition coefficient (Wildman–Crippen LogP) is 1.57. The van der Waals surface area contributed by atoms with Crippen LogP contribution in [0.15, 0.2) is 18.2 Å². The lowest BCUT2D eigenvalue weighted by Crippen LogP contribution is -1.98. The molecule has 0 amide bonds. The average Bonchev–Trinajstić information content (AvgIpc) is 2.52. The molecule has 0 bridgehead atoms. The summed E-state index contributed by atoms with van der Waals surface area (Å²) in [4.78, 5) is 7.63. The Balaban J connectivity index is 2.61. The van der Waals surface area contributed by atoms with E-state index in [1.165, 1.54) is 0 Å². The Morgan fingerprint density at radius 3 is 3.00 bits per heavy atom. The number of aromatic amines is 1. The molecule has 2 aromatic rings. The van der Waals surface area contributed by atoms with Crippen LogP contribution in [0.25, 0.3) is 10.9 Å². The van der Waals surface area contributed by atoms with E-state index in [9.17, 15) is 5.11 Å². The number of phenols is 1. The van der Waals surface area contributed by atoms with Crippen molar-refractivity contribution >= 4 is 10.9 Å². The van der Waals surface area contributed by atoms with E-state index in [-0.39, 0.29) is 12.4 Å². The van der Waals surface area contributed by atoms with Crippen LogP contribution >= 0.6 is 0 Å². The summed E-state index contributed by atoms with van der Waals surface area (Å²) >= 11 is 0.